The highest BCUT2D eigenvalue weighted by Gasteiger charge is 2.57. The molecule has 0 N–H and O–H groups in total. The molecular weight excluding hydrogens is 233 g/mol. The summed E-state index contributed by atoms with van der Waals surface area (Å²) >= 11 is 0. The Hall–Kier alpha value is -0.410. The van der Waals surface area contributed by atoms with Gasteiger partial charge in [0.2, 0.25) is 0 Å². The van der Waals surface area contributed by atoms with Crippen molar-refractivity contribution >= 4 is 7.59 Å². The van der Waals surface area contributed by atoms with E-state index in [0.717, 1.165) is 13.1 Å². The van der Waals surface area contributed by atoms with Gasteiger partial charge in [-0.25, -0.2) is 14.0 Å². The molecular formula is C12H22N3OP. The highest BCUT2D eigenvalue weighted by molar-refractivity contribution is 7.57. The van der Waals surface area contributed by atoms with Gasteiger partial charge in [-0.2, -0.15) is 0 Å². The summed E-state index contributed by atoms with van der Waals surface area (Å²) in [5, 5.41) is 0. The summed E-state index contributed by atoms with van der Waals surface area (Å²) in [5.74, 6) is 0. The SMILES string of the molecule is C=CCN(CC=C)P(=O)(N1CC1C)N1CC1C. The average Bonchev–Trinajstić information content (AvgIpc) is 3.17. The van der Waals surface area contributed by atoms with Crippen molar-refractivity contribution in [2.75, 3.05) is 26.2 Å². The number of hydrogen-bond acceptors (Lipinski definition) is 1. The van der Waals surface area contributed by atoms with Gasteiger partial charge in [0.05, 0.1) is 0 Å². The predicted molar refractivity (Wildman–Crippen MR) is 71.9 cm³/mol. The molecule has 0 aromatic carbocycles. The molecule has 0 spiro atoms. The van der Waals surface area contributed by atoms with Crippen LogP contribution in [0.3, 0.4) is 0 Å². The maximum atomic E-state index is 13.3. The van der Waals surface area contributed by atoms with E-state index in [1.807, 2.05) is 16.8 Å². The maximum Gasteiger partial charge on any atom is 0.288 e. The fraction of sp³-hybridized carbons (Fsp3) is 0.667. The minimum absolute atomic E-state index is 0.436. The molecule has 2 aliphatic heterocycles. The van der Waals surface area contributed by atoms with Crippen LogP contribution in [-0.4, -0.2) is 52.3 Å². The summed E-state index contributed by atoms with van der Waals surface area (Å²) in [7, 11) is -2.54. The average molecular weight is 255 g/mol. The van der Waals surface area contributed by atoms with Gasteiger partial charge in [-0.15, -0.1) is 13.2 Å². The first-order chi connectivity index (χ1) is 8.05. The van der Waals surface area contributed by atoms with Crippen LogP contribution in [-0.2, 0) is 4.57 Å². The van der Waals surface area contributed by atoms with E-state index in [-0.39, 0.29) is 0 Å². The lowest BCUT2D eigenvalue weighted by Gasteiger charge is -2.32. The van der Waals surface area contributed by atoms with Crippen LogP contribution >= 0.6 is 7.59 Å². The van der Waals surface area contributed by atoms with Crippen molar-refractivity contribution in [1.29, 1.82) is 0 Å². The molecule has 17 heavy (non-hydrogen) atoms. The lowest BCUT2D eigenvalue weighted by molar-refractivity contribution is 0.400. The van der Waals surface area contributed by atoms with Crippen molar-refractivity contribution in [3.8, 4) is 0 Å². The van der Waals surface area contributed by atoms with Gasteiger partial charge in [-0.05, 0) is 13.8 Å². The van der Waals surface area contributed by atoms with Crippen molar-refractivity contribution in [2.45, 2.75) is 25.9 Å². The van der Waals surface area contributed by atoms with Crippen LogP contribution in [0.25, 0.3) is 0 Å². The molecule has 2 saturated heterocycles. The van der Waals surface area contributed by atoms with Gasteiger partial charge in [0.15, 0.2) is 0 Å². The molecule has 0 aromatic heterocycles. The fourth-order valence-electron chi connectivity index (χ4n) is 2.23. The molecule has 96 valence electrons. The van der Waals surface area contributed by atoms with Crippen molar-refractivity contribution < 1.29 is 4.57 Å². The third-order valence-electron chi connectivity index (χ3n) is 3.37. The van der Waals surface area contributed by atoms with Crippen LogP contribution in [0, 0.1) is 0 Å². The van der Waals surface area contributed by atoms with Gasteiger partial charge >= 0.3 is 0 Å². The highest BCUT2D eigenvalue weighted by Crippen LogP contribution is 2.66. The third-order valence-corrected chi connectivity index (χ3v) is 6.89. The Morgan fingerprint density at radius 1 is 1.18 bits per heavy atom. The Balaban J connectivity index is 2.21. The molecule has 0 saturated carbocycles. The van der Waals surface area contributed by atoms with E-state index < -0.39 is 7.59 Å². The first-order valence-corrected chi connectivity index (χ1v) is 7.73. The molecule has 4 unspecified atom stereocenters. The molecule has 0 amide bonds. The van der Waals surface area contributed by atoms with E-state index in [1.165, 1.54) is 0 Å². The zero-order valence-electron chi connectivity index (χ0n) is 10.7. The van der Waals surface area contributed by atoms with Gasteiger partial charge in [-0.3, -0.25) is 4.57 Å². The Labute approximate surface area is 104 Å². The van der Waals surface area contributed by atoms with Gasteiger partial charge in [-0.1, -0.05) is 12.2 Å². The predicted octanol–water partition coefficient (Wildman–Crippen LogP) is 2.18. The minimum Gasteiger partial charge on any atom is -0.270 e. The Kier molecular flexibility index (Phi) is 3.60. The van der Waals surface area contributed by atoms with Crippen LogP contribution in [0.4, 0.5) is 0 Å². The molecule has 5 heteroatoms. The van der Waals surface area contributed by atoms with Crippen molar-refractivity contribution in [3.63, 3.8) is 0 Å². The second-order valence-corrected chi connectivity index (χ2v) is 7.52. The largest absolute Gasteiger partial charge is 0.288 e. The number of hydrogen-bond donors (Lipinski definition) is 0. The van der Waals surface area contributed by atoms with E-state index in [4.69, 9.17) is 0 Å². The summed E-state index contributed by atoms with van der Waals surface area (Å²) in [6.07, 6.45) is 3.64. The van der Waals surface area contributed by atoms with Crippen LogP contribution in [0.1, 0.15) is 13.8 Å². The van der Waals surface area contributed by atoms with Crippen molar-refractivity contribution in [1.82, 2.24) is 14.0 Å². The second kappa shape index (κ2) is 4.69. The third kappa shape index (κ3) is 2.27. The Bertz CT molecular complexity index is 341. The minimum atomic E-state index is -2.54. The number of nitrogens with zero attached hydrogens (tertiary/aromatic N) is 3. The summed E-state index contributed by atoms with van der Waals surface area (Å²) < 4.78 is 19.6. The van der Waals surface area contributed by atoms with E-state index in [0.29, 0.717) is 25.2 Å². The summed E-state index contributed by atoms with van der Waals surface area (Å²) in [4.78, 5) is 0. The topological polar surface area (TPSA) is 26.3 Å². The Morgan fingerprint density at radius 3 is 1.76 bits per heavy atom. The molecule has 2 fully saturated rings. The van der Waals surface area contributed by atoms with E-state index >= 15 is 0 Å². The molecule has 4 nitrogen and oxygen atoms in total. The highest BCUT2D eigenvalue weighted by atomic mass is 31.2. The molecule has 0 radical (unpaired) electrons. The zero-order valence-corrected chi connectivity index (χ0v) is 11.6. The lowest BCUT2D eigenvalue weighted by Crippen LogP contribution is -2.29. The van der Waals surface area contributed by atoms with Gasteiger partial charge in [0, 0.05) is 38.3 Å². The standard InChI is InChI=1S/C12H22N3OP/c1-5-7-13(8-6-2)17(16,14-9-11(14)3)15-10-12(15)4/h5-6,11-12H,1-2,7-10H2,3-4H3. The maximum absolute atomic E-state index is 13.3. The van der Waals surface area contributed by atoms with Gasteiger partial charge in [0.25, 0.3) is 7.59 Å². The van der Waals surface area contributed by atoms with Crippen molar-refractivity contribution in [2.24, 2.45) is 0 Å². The van der Waals surface area contributed by atoms with Crippen molar-refractivity contribution in [3.05, 3.63) is 25.3 Å². The van der Waals surface area contributed by atoms with Crippen LogP contribution in [0.2, 0.25) is 0 Å². The van der Waals surface area contributed by atoms with E-state index in [1.54, 1.807) is 0 Å². The fourth-order valence-corrected chi connectivity index (χ4v) is 5.76. The zero-order chi connectivity index (χ0) is 12.6. The first-order valence-electron chi connectivity index (χ1n) is 6.17. The molecule has 2 rings (SSSR count). The van der Waals surface area contributed by atoms with Crippen LogP contribution in [0.5, 0.6) is 0 Å². The molecule has 0 bridgehead atoms. The normalized spacial score (nSPS) is 38.5. The lowest BCUT2D eigenvalue weighted by atomic mass is 10.5. The molecule has 4 atom stereocenters. The first kappa shape index (κ1) is 13.0. The van der Waals surface area contributed by atoms with Gasteiger partial charge in [0.1, 0.15) is 0 Å². The quantitative estimate of drug-likeness (QED) is 0.396. The monoisotopic (exact) mass is 255 g/mol. The summed E-state index contributed by atoms with van der Waals surface area (Å²) in [6, 6.07) is 0.872. The number of rotatable bonds is 7. The van der Waals surface area contributed by atoms with E-state index in [9.17, 15) is 4.57 Å². The van der Waals surface area contributed by atoms with Crippen LogP contribution < -0.4 is 0 Å². The molecule has 0 aliphatic carbocycles. The van der Waals surface area contributed by atoms with E-state index in [2.05, 4.69) is 36.3 Å². The summed E-state index contributed by atoms with van der Waals surface area (Å²) in [5.41, 5.74) is 0. The Morgan fingerprint density at radius 2 is 1.53 bits per heavy atom. The molecule has 2 aliphatic rings. The second-order valence-electron chi connectivity index (χ2n) is 4.90. The smallest absolute Gasteiger partial charge is 0.270 e. The molecule has 0 aromatic rings. The molecule has 2 heterocycles. The van der Waals surface area contributed by atoms with Gasteiger partial charge < -0.3 is 0 Å². The summed E-state index contributed by atoms with van der Waals surface area (Å²) in [6.45, 7) is 14.9. The van der Waals surface area contributed by atoms with Crippen LogP contribution in [0.15, 0.2) is 25.3 Å².